The van der Waals surface area contributed by atoms with Gasteiger partial charge < -0.3 is 0 Å². The average Bonchev–Trinajstić information content (AvgIpc) is 3.05. The number of aromatic nitrogens is 3. The van der Waals surface area contributed by atoms with Gasteiger partial charge in [-0.2, -0.15) is 0 Å². The highest BCUT2D eigenvalue weighted by Gasteiger charge is 2.29. The highest BCUT2D eigenvalue weighted by atomic mass is 127. The van der Waals surface area contributed by atoms with E-state index in [0.717, 1.165) is 20.0 Å². The second-order valence-corrected chi connectivity index (χ2v) is 6.56. The molecule has 1 saturated carbocycles. The molecule has 1 aliphatic rings. The van der Waals surface area contributed by atoms with Gasteiger partial charge in [0, 0.05) is 11.3 Å². The van der Waals surface area contributed by atoms with E-state index in [-0.39, 0.29) is 0 Å². The summed E-state index contributed by atoms with van der Waals surface area (Å²) in [5, 5.41) is 3.54. The molecule has 2 aromatic heterocycles. The minimum atomic E-state index is 0.545. The molecule has 3 rings (SSSR count). The second-order valence-electron chi connectivity index (χ2n) is 4.06. The maximum atomic E-state index is 6.16. The fourth-order valence-corrected chi connectivity index (χ4v) is 3.09. The minimum absolute atomic E-state index is 0.545. The number of hydrogen-bond acceptors (Lipinski definition) is 4. The highest BCUT2D eigenvalue weighted by molar-refractivity contribution is 14.1. The fourth-order valence-electron chi connectivity index (χ4n) is 1.64. The van der Waals surface area contributed by atoms with Gasteiger partial charge in [0.2, 0.25) is 0 Å². The lowest BCUT2D eigenvalue weighted by molar-refractivity contribution is 0.973. The van der Waals surface area contributed by atoms with Crippen LogP contribution in [0.2, 0.25) is 5.15 Å². The van der Waals surface area contributed by atoms with Crippen molar-refractivity contribution in [1.29, 1.82) is 0 Å². The SMILES string of the molecule is Cc1nc(-c2nc(Cl)c(I)c(C3CC3)n2)cs1. The van der Waals surface area contributed by atoms with Gasteiger partial charge in [-0.15, -0.1) is 11.3 Å². The fraction of sp³-hybridized carbons (Fsp3) is 0.364. The summed E-state index contributed by atoms with van der Waals surface area (Å²) in [6.07, 6.45) is 2.41. The Kier molecular flexibility index (Phi) is 3.08. The summed E-state index contributed by atoms with van der Waals surface area (Å²) in [5.74, 6) is 1.22. The largest absolute Gasteiger partial charge is 0.238 e. The van der Waals surface area contributed by atoms with E-state index < -0.39 is 0 Å². The van der Waals surface area contributed by atoms with Gasteiger partial charge in [-0.05, 0) is 42.4 Å². The molecule has 0 N–H and O–H groups in total. The van der Waals surface area contributed by atoms with Gasteiger partial charge in [0.25, 0.3) is 0 Å². The van der Waals surface area contributed by atoms with E-state index in [0.29, 0.717) is 16.9 Å². The smallest absolute Gasteiger partial charge is 0.180 e. The predicted octanol–water partition coefficient (Wildman–Crippen LogP) is 4.04. The average molecular weight is 378 g/mol. The van der Waals surface area contributed by atoms with E-state index in [9.17, 15) is 0 Å². The summed E-state index contributed by atoms with van der Waals surface area (Å²) in [6.45, 7) is 1.98. The van der Waals surface area contributed by atoms with Crippen molar-refractivity contribution in [3.8, 4) is 11.5 Å². The molecular formula is C11H9ClIN3S. The van der Waals surface area contributed by atoms with Crippen molar-refractivity contribution < 1.29 is 0 Å². The molecule has 2 heterocycles. The van der Waals surface area contributed by atoms with Crippen LogP contribution < -0.4 is 0 Å². The van der Waals surface area contributed by atoms with Crippen LogP contribution in [0, 0.1) is 10.5 Å². The third kappa shape index (κ3) is 2.32. The van der Waals surface area contributed by atoms with Crippen LogP contribution in [0.3, 0.4) is 0 Å². The van der Waals surface area contributed by atoms with Crippen molar-refractivity contribution in [2.45, 2.75) is 25.7 Å². The Labute approximate surface area is 122 Å². The molecule has 17 heavy (non-hydrogen) atoms. The van der Waals surface area contributed by atoms with E-state index in [1.807, 2.05) is 12.3 Å². The third-order valence-corrected chi connectivity index (χ3v) is 5.08. The molecule has 1 fully saturated rings. The monoisotopic (exact) mass is 377 g/mol. The van der Waals surface area contributed by atoms with Crippen molar-refractivity contribution in [2.75, 3.05) is 0 Å². The van der Waals surface area contributed by atoms with Gasteiger partial charge in [0.1, 0.15) is 10.8 Å². The Morgan fingerprint density at radius 1 is 1.35 bits per heavy atom. The molecule has 2 aromatic rings. The first-order valence-corrected chi connectivity index (χ1v) is 7.64. The van der Waals surface area contributed by atoms with Crippen molar-refractivity contribution in [3.05, 3.63) is 24.8 Å². The first-order chi connectivity index (χ1) is 8.15. The van der Waals surface area contributed by atoms with Crippen LogP contribution in [0.4, 0.5) is 0 Å². The summed E-state index contributed by atoms with van der Waals surface area (Å²) in [4.78, 5) is 13.3. The Morgan fingerprint density at radius 3 is 2.71 bits per heavy atom. The van der Waals surface area contributed by atoms with Crippen molar-refractivity contribution in [1.82, 2.24) is 15.0 Å². The van der Waals surface area contributed by atoms with Gasteiger partial charge >= 0.3 is 0 Å². The first-order valence-electron chi connectivity index (χ1n) is 5.30. The molecule has 0 aromatic carbocycles. The number of hydrogen-bond donors (Lipinski definition) is 0. The molecule has 0 amide bonds. The lowest BCUT2D eigenvalue weighted by Crippen LogP contribution is -1.99. The topological polar surface area (TPSA) is 38.7 Å². The summed E-state index contributed by atoms with van der Waals surface area (Å²) >= 11 is 9.99. The normalized spacial score (nSPS) is 15.2. The second kappa shape index (κ2) is 4.44. The van der Waals surface area contributed by atoms with Gasteiger partial charge in [-0.3, -0.25) is 0 Å². The number of thiazole rings is 1. The molecule has 0 spiro atoms. The third-order valence-electron chi connectivity index (χ3n) is 2.65. The summed E-state index contributed by atoms with van der Waals surface area (Å²) in [7, 11) is 0. The van der Waals surface area contributed by atoms with Crippen LogP contribution in [0.1, 0.15) is 29.5 Å². The van der Waals surface area contributed by atoms with E-state index in [1.165, 1.54) is 12.8 Å². The molecule has 0 saturated heterocycles. The number of aryl methyl sites for hydroxylation is 1. The Hall–Kier alpha value is -0.270. The lowest BCUT2D eigenvalue weighted by atomic mass is 10.3. The molecule has 0 bridgehead atoms. The maximum absolute atomic E-state index is 6.16. The Bertz CT molecular complexity index is 580. The van der Waals surface area contributed by atoms with Crippen LogP contribution in [0.15, 0.2) is 5.38 Å². The predicted molar refractivity (Wildman–Crippen MR) is 77.6 cm³/mol. The first kappa shape index (κ1) is 11.8. The number of nitrogens with zero attached hydrogens (tertiary/aromatic N) is 3. The molecule has 0 atom stereocenters. The standard InChI is InChI=1S/C11H9ClIN3S/c1-5-14-7(4-17-5)11-15-9(6-2-3-6)8(13)10(12)16-11/h4,6H,2-3H2,1H3. The van der Waals surface area contributed by atoms with Crippen molar-refractivity contribution in [3.63, 3.8) is 0 Å². The van der Waals surface area contributed by atoms with Crippen molar-refractivity contribution in [2.24, 2.45) is 0 Å². The zero-order valence-electron chi connectivity index (χ0n) is 9.07. The van der Waals surface area contributed by atoms with Crippen LogP contribution in [0.5, 0.6) is 0 Å². The van der Waals surface area contributed by atoms with Crippen LogP contribution in [-0.4, -0.2) is 15.0 Å². The summed E-state index contributed by atoms with van der Waals surface area (Å²) in [5.41, 5.74) is 1.92. The van der Waals surface area contributed by atoms with Gasteiger partial charge in [0.15, 0.2) is 5.82 Å². The van der Waals surface area contributed by atoms with Crippen LogP contribution in [0.25, 0.3) is 11.5 Å². The molecule has 0 radical (unpaired) electrons. The molecular weight excluding hydrogens is 369 g/mol. The van der Waals surface area contributed by atoms with Gasteiger partial charge in [-0.1, -0.05) is 11.6 Å². The van der Waals surface area contributed by atoms with Crippen LogP contribution in [-0.2, 0) is 0 Å². The zero-order valence-corrected chi connectivity index (χ0v) is 12.8. The van der Waals surface area contributed by atoms with E-state index in [4.69, 9.17) is 11.6 Å². The number of rotatable bonds is 2. The molecule has 1 aliphatic carbocycles. The van der Waals surface area contributed by atoms with Gasteiger partial charge in [-0.25, -0.2) is 15.0 Å². The zero-order chi connectivity index (χ0) is 12.0. The van der Waals surface area contributed by atoms with E-state index in [2.05, 4.69) is 37.5 Å². The summed E-state index contributed by atoms with van der Waals surface area (Å²) < 4.78 is 0.988. The number of halogens is 2. The highest BCUT2D eigenvalue weighted by Crippen LogP contribution is 2.42. The molecule has 0 aliphatic heterocycles. The Balaban J connectivity index is 2.11. The van der Waals surface area contributed by atoms with E-state index in [1.54, 1.807) is 11.3 Å². The summed E-state index contributed by atoms with van der Waals surface area (Å²) in [6, 6.07) is 0. The Morgan fingerprint density at radius 2 is 2.12 bits per heavy atom. The van der Waals surface area contributed by atoms with Crippen LogP contribution >= 0.6 is 45.5 Å². The van der Waals surface area contributed by atoms with E-state index >= 15 is 0 Å². The van der Waals surface area contributed by atoms with Crippen molar-refractivity contribution >= 4 is 45.5 Å². The quantitative estimate of drug-likeness (QED) is 0.585. The minimum Gasteiger partial charge on any atom is -0.238 e. The lowest BCUT2D eigenvalue weighted by Gasteiger charge is -2.05. The maximum Gasteiger partial charge on any atom is 0.180 e. The molecule has 0 unspecified atom stereocenters. The molecule has 6 heteroatoms. The van der Waals surface area contributed by atoms with Gasteiger partial charge in [0.05, 0.1) is 14.3 Å². The molecule has 88 valence electrons. The molecule has 3 nitrogen and oxygen atoms in total.